The molecule has 7 fully saturated rings. The lowest BCUT2D eigenvalue weighted by atomic mass is 9.30. The summed E-state index contributed by atoms with van der Waals surface area (Å²) in [5.41, 5.74) is -2.32. The molecule has 0 N–H and O–H groups in total. The first-order valence-electron chi connectivity index (χ1n) is 14.2. The van der Waals surface area contributed by atoms with Crippen LogP contribution in [0.1, 0.15) is 99.3 Å². The van der Waals surface area contributed by atoms with E-state index >= 15 is 0 Å². The standard InChI is InChI=1S/C30H41BrO5/c1-24(2)9-11-29-12-10-27(5)26(4)14-16-21-25(3,8-7-20(32)28(21,6)22(33)35-16)17(26)13-19(31)30(27,18(29)15-24)36-23(29)34/h16-19,21H,7-15H2,1-6H3/t16-,17?,18?,19-,21?,25+,26+,27-,28+,29-,30+/m0/s1. The first-order valence-corrected chi connectivity index (χ1v) is 15.2. The lowest BCUT2D eigenvalue weighted by Crippen LogP contribution is -2.76. The van der Waals surface area contributed by atoms with Crippen molar-refractivity contribution >= 4 is 33.7 Å². The molecule has 0 amide bonds. The summed E-state index contributed by atoms with van der Waals surface area (Å²) in [6.45, 7) is 13.7. The van der Waals surface area contributed by atoms with Gasteiger partial charge in [0.1, 0.15) is 22.9 Å². The highest BCUT2D eigenvalue weighted by atomic mass is 79.9. The van der Waals surface area contributed by atoms with Gasteiger partial charge in [-0.15, -0.1) is 0 Å². The molecule has 7 rings (SSSR count). The third kappa shape index (κ3) is 2.21. The van der Waals surface area contributed by atoms with E-state index in [2.05, 4.69) is 50.5 Å². The highest BCUT2D eigenvalue weighted by molar-refractivity contribution is 9.09. The fraction of sp³-hybridized carbons (Fsp3) is 0.900. The zero-order valence-electron chi connectivity index (χ0n) is 22.7. The van der Waals surface area contributed by atoms with E-state index in [1.807, 2.05) is 6.92 Å². The fourth-order valence-corrected chi connectivity index (χ4v) is 13.3. The Hall–Kier alpha value is -0.910. The highest BCUT2D eigenvalue weighted by Crippen LogP contribution is 2.82. The van der Waals surface area contributed by atoms with Gasteiger partial charge in [0.15, 0.2) is 0 Å². The Bertz CT molecular complexity index is 1120. The van der Waals surface area contributed by atoms with E-state index in [1.165, 1.54) is 0 Å². The van der Waals surface area contributed by atoms with Gasteiger partial charge in [0.2, 0.25) is 0 Å². The summed E-state index contributed by atoms with van der Waals surface area (Å²) in [6, 6.07) is 0. The Kier molecular flexibility index (Phi) is 4.33. The molecule has 11 atom stereocenters. The van der Waals surface area contributed by atoms with Crippen LogP contribution in [-0.4, -0.2) is 34.3 Å². The van der Waals surface area contributed by atoms with Crippen LogP contribution in [0.25, 0.3) is 0 Å². The van der Waals surface area contributed by atoms with E-state index in [-0.39, 0.29) is 67.6 Å². The molecular formula is C30H41BrO5. The second-order valence-corrected chi connectivity index (χ2v) is 16.6. The fourth-order valence-electron chi connectivity index (χ4n) is 12.0. The number of carbonyl (C=O) groups is 3. The maximum absolute atomic E-state index is 13.8. The quantitative estimate of drug-likeness (QED) is 0.206. The molecule has 0 aromatic carbocycles. The monoisotopic (exact) mass is 560 g/mol. The summed E-state index contributed by atoms with van der Waals surface area (Å²) in [4.78, 5) is 40.3. The average Bonchev–Trinajstić information content (AvgIpc) is 3.16. The van der Waals surface area contributed by atoms with Crippen LogP contribution in [-0.2, 0) is 23.9 Å². The molecule has 2 saturated heterocycles. The molecular weight excluding hydrogens is 520 g/mol. The molecule has 2 heterocycles. The van der Waals surface area contributed by atoms with Crippen LogP contribution in [0.3, 0.4) is 0 Å². The van der Waals surface area contributed by atoms with Gasteiger partial charge in [-0.1, -0.05) is 50.5 Å². The van der Waals surface area contributed by atoms with Gasteiger partial charge in [0, 0.05) is 23.7 Å². The van der Waals surface area contributed by atoms with Gasteiger partial charge < -0.3 is 9.47 Å². The van der Waals surface area contributed by atoms with Gasteiger partial charge in [-0.25, -0.2) is 0 Å². The maximum atomic E-state index is 13.8. The number of ketones is 1. The molecule has 3 unspecified atom stereocenters. The van der Waals surface area contributed by atoms with Crippen LogP contribution in [0.5, 0.6) is 0 Å². The topological polar surface area (TPSA) is 69.7 Å². The van der Waals surface area contributed by atoms with E-state index in [0.29, 0.717) is 12.3 Å². The predicted molar refractivity (Wildman–Crippen MR) is 137 cm³/mol. The van der Waals surface area contributed by atoms with Crippen molar-refractivity contribution in [2.75, 3.05) is 0 Å². The molecule has 6 heteroatoms. The minimum atomic E-state index is -1.02. The van der Waals surface area contributed by atoms with Crippen LogP contribution < -0.4 is 0 Å². The van der Waals surface area contributed by atoms with Crippen molar-refractivity contribution in [3.8, 4) is 0 Å². The molecule has 0 aromatic heterocycles. The third-order valence-electron chi connectivity index (χ3n) is 14.0. The van der Waals surface area contributed by atoms with Gasteiger partial charge in [0.05, 0.1) is 10.2 Å². The van der Waals surface area contributed by atoms with Crippen LogP contribution >= 0.6 is 15.9 Å². The van der Waals surface area contributed by atoms with Crippen molar-refractivity contribution in [2.24, 2.45) is 50.2 Å². The number of hydrogen-bond acceptors (Lipinski definition) is 5. The smallest absolute Gasteiger partial charge is 0.320 e. The first kappa shape index (κ1) is 24.2. The Morgan fingerprint density at radius 3 is 2.25 bits per heavy atom. The van der Waals surface area contributed by atoms with Crippen molar-refractivity contribution in [1.29, 1.82) is 0 Å². The summed E-state index contributed by atoms with van der Waals surface area (Å²) in [6.07, 6.45) is 7.55. The van der Waals surface area contributed by atoms with Crippen LogP contribution in [0.2, 0.25) is 0 Å². The van der Waals surface area contributed by atoms with Crippen molar-refractivity contribution in [3.63, 3.8) is 0 Å². The number of esters is 2. The number of Topliss-reactive ketones (excluding diaryl/α,β-unsaturated/α-hetero) is 1. The molecule has 1 spiro atoms. The molecule has 5 aliphatic carbocycles. The van der Waals surface area contributed by atoms with E-state index in [9.17, 15) is 14.4 Å². The van der Waals surface area contributed by atoms with Gasteiger partial charge >= 0.3 is 11.9 Å². The average molecular weight is 562 g/mol. The van der Waals surface area contributed by atoms with Gasteiger partial charge in [-0.3, -0.25) is 14.4 Å². The number of rotatable bonds is 0. The second kappa shape index (κ2) is 6.45. The normalized spacial score (nSPS) is 60.3. The Morgan fingerprint density at radius 1 is 0.833 bits per heavy atom. The van der Waals surface area contributed by atoms with E-state index in [4.69, 9.17) is 9.47 Å². The van der Waals surface area contributed by atoms with Crippen LogP contribution in [0.4, 0.5) is 0 Å². The lowest BCUT2D eigenvalue weighted by Gasteiger charge is -2.74. The van der Waals surface area contributed by atoms with E-state index in [0.717, 1.165) is 51.4 Å². The van der Waals surface area contributed by atoms with Gasteiger partial charge in [-0.2, -0.15) is 0 Å². The van der Waals surface area contributed by atoms with Crippen molar-refractivity contribution in [1.82, 2.24) is 0 Å². The molecule has 2 aliphatic heterocycles. The summed E-state index contributed by atoms with van der Waals surface area (Å²) in [7, 11) is 0. The third-order valence-corrected chi connectivity index (χ3v) is 15.1. The Balaban J connectivity index is 1.41. The van der Waals surface area contributed by atoms with E-state index in [1.54, 1.807) is 0 Å². The van der Waals surface area contributed by atoms with E-state index < -0.39 is 11.0 Å². The van der Waals surface area contributed by atoms with Crippen LogP contribution in [0.15, 0.2) is 0 Å². The summed E-state index contributed by atoms with van der Waals surface area (Å²) < 4.78 is 12.9. The number of halogens is 1. The molecule has 198 valence electrons. The zero-order chi connectivity index (χ0) is 25.9. The number of alkyl halides is 1. The maximum Gasteiger partial charge on any atom is 0.320 e. The van der Waals surface area contributed by atoms with Gasteiger partial charge in [0.25, 0.3) is 0 Å². The highest BCUT2D eigenvalue weighted by Gasteiger charge is 2.85. The minimum Gasteiger partial charge on any atom is -0.461 e. The van der Waals surface area contributed by atoms with Crippen LogP contribution in [0, 0.1) is 50.2 Å². The number of ether oxygens (including phenoxy) is 2. The van der Waals surface area contributed by atoms with Gasteiger partial charge in [-0.05, 0) is 80.5 Å². The summed E-state index contributed by atoms with van der Waals surface area (Å²) >= 11 is 4.20. The molecule has 2 bridgehead atoms. The first-order chi connectivity index (χ1) is 16.6. The number of carbonyl (C=O) groups excluding carboxylic acids is 3. The van der Waals surface area contributed by atoms with Crippen molar-refractivity contribution in [3.05, 3.63) is 0 Å². The molecule has 5 saturated carbocycles. The van der Waals surface area contributed by atoms with Crippen molar-refractivity contribution in [2.45, 2.75) is 116 Å². The minimum absolute atomic E-state index is 0.0428. The summed E-state index contributed by atoms with van der Waals surface area (Å²) in [5, 5.41) is 0. The molecule has 7 aliphatic rings. The number of hydrogen-bond donors (Lipinski definition) is 0. The second-order valence-electron chi connectivity index (χ2n) is 15.5. The van der Waals surface area contributed by atoms with Crippen molar-refractivity contribution < 1.29 is 23.9 Å². The molecule has 5 nitrogen and oxygen atoms in total. The Morgan fingerprint density at radius 2 is 1.53 bits per heavy atom. The summed E-state index contributed by atoms with van der Waals surface area (Å²) in [5.74, 6) is 0.243. The predicted octanol–water partition coefficient (Wildman–Crippen LogP) is 6.01. The lowest BCUT2D eigenvalue weighted by molar-refractivity contribution is -0.280. The molecule has 36 heavy (non-hydrogen) atoms. The zero-order valence-corrected chi connectivity index (χ0v) is 24.3. The largest absolute Gasteiger partial charge is 0.461 e. The Labute approximate surface area is 223 Å². The number of fused-ring (bicyclic) bond motifs is 3. The SMILES string of the molecule is CC1(C)CC[C@@]23CC[C@]4(C)[C@@](OC2=O)(C3C1)[C@@H](Br)CC1[C@@]2(C)CCC(=O)[C@@]3(C)C(=O)O[C@@H](C[C@]14C)C32. The molecule has 0 aromatic rings. The molecule has 0 radical (unpaired) electrons.